The zero-order chi connectivity index (χ0) is 11.3. The molecule has 0 saturated heterocycles. The average Bonchev–Trinajstić information content (AvgIpc) is 2.17. The van der Waals surface area contributed by atoms with Crippen molar-refractivity contribution in [2.75, 3.05) is 30.1 Å². The summed E-state index contributed by atoms with van der Waals surface area (Å²) in [6, 6.07) is 7.92. The quantitative estimate of drug-likeness (QED) is 0.804. The summed E-state index contributed by atoms with van der Waals surface area (Å²) in [6.07, 6.45) is 3.26. The minimum atomic E-state index is -2.87. The minimum Gasteiger partial charge on any atom is -0.384 e. The number of nitrogens with one attached hydrogen (secondary N) is 1. The molecule has 5 heteroatoms. The number of anilines is 1. The highest BCUT2D eigenvalue weighted by Gasteiger charge is 2.00. The van der Waals surface area contributed by atoms with Gasteiger partial charge in [-0.25, -0.2) is 8.42 Å². The average molecular weight is 245 g/mol. The molecule has 1 rings (SSSR count). The number of thioether (sulfide) groups is 1. The number of rotatable bonds is 5. The van der Waals surface area contributed by atoms with E-state index in [9.17, 15) is 8.42 Å². The molecule has 0 saturated carbocycles. The summed E-state index contributed by atoms with van der Waals surface area (Å²) < 4.78 is 21.8. The predicted molar refractivity (Wildman–Crippen MR) is 66.4 cm³/mol. The van der Waals surface area contributed by atoms with Gasteiger partial charge in [0.2, 0.25) is 0 Å². The molecule has 0 unspecified atom stereocenters. The summed E-state index contributed by atoms with van der Waals surface area (Å²) in [6.45, 7) is 0.456. The van der Waals surface area contributed by atoms with Gasteiger partial charge in [0, 0.05) is 23.4 Å². The van der Waals surface area contributed by atoms with Gasteiger partial charge in [-0.05, 0) is 30.5 Å². The molecular formula is C10H15NO2S2. The van der Waals surface area contributed by atoms with Crippen LogP contribution in [-0.4, -0.2) is 33.2 Å². The van der Waals surface area contributed by atoms with E-state index in [1.165, 1.54) is 11.2 Å². The lowest BCUT2D eigenvalue weighted by Gasteiger charge is -2.05. The highest BCUT2D eigenvalue weighted by atomic mass is 32.2. The molecule has 0 aliphatic rings. The molecule has 0 atom stereocenters. The molecule has 84 valence electrons. The van der Waals surface area contributed by atoms with Gasteiger partial charge in [-0.1, -0.05) is 0 Å². The third-order valence-corrected chi connectivity index (χ3v) is 3.58. The summed E-state index contributed by atoms with van der Waals surface area (Å²) in [4.78, 5) is 1.20. The topological polar surface area (TPSA) is 46.2 Å². The van der Waals surface area contributed by atoms with Crippen LogP contribution in [-0.2, 0) is 9.84 Å². The van der Waals surface area contributed by atoms with Crippen molar-refractivity contribution in [2.24, 2.45) is 0 Å². The largest absolute Gasteiger partial charge is 0.384 e. The zero-order valence-corrected chi connectivity index (χ0v) is 10.5. The van der Waals surface area contributed by atoms with Gasteiger partial charge in [-0.2, -0.15) is 0 Å². The smallest absolute Gasteiger partial charge is 0.149 e. The van der Waals surface area contributed by atoms with Crippen LogP contribution >= 0.6 is 11.8 Å². The number of hydrogen-bond donors (Lipinski definition) is 1. The number of benzene rings is 1. The van der Waals surface area contributed by atoms with Crippen molar-refractivity contribution in [2.45, 2.75) is 4.90 Å². The summed E-state index contributed by atoms with van der Waals surface area (Å²) >= 11 is 1.68. The number of sulfone groups is 1. The van der Waals surface area contributed by atoms with Gasteiger partial charge in [0.1, 0.15) is 9.84 Å². The summed E-state index contributed by atoms with van der Waals surface area (Å²) in [5.41, 5.74) is 0.955. The highest BCUT2D eigenvalue weighted by Crippen LogP contribution is 2.17. The maximum atomic E-state index is 10.9. The van der Waals surface area contributed by atoms with Crippen LogP contribution in [0.3, 0.4) is 0 Å². The van der Waals surface area contributed by atoms with Crippen molar-refractivity contribution in [3.8, 4) is 0 Å². The molecule has 1 aromatic carbocycles. The van der Waals surface area contributed by atoms with Crippen LogP contribution in [0.4, 0.5) is 5.69 Å². The van der Waals surface area contributed by atoms with Crippen LogP contribution in [0.15, 0.2) is 29.2 Å². The van der Waals surface area contributed by atoms with Gasteiger partial charge < -0.3 is 5.32 Å². The molecule has 0 amide bonds. The van der Waals surface area contributed by atoms with Gasteiger partial charge in [0.05, 0.1) is 5.75 Å². The normalized spacial score (nSPS) is 11.3. The first-order valence-corrected chi connectivity index (χ1v) is 7.85. The number of hydrogen-bond acceptors (Lipinski definition) is 4. The fourth-order valence-corrected chi connectivity index (χ4v) is 1.97. The lowest BCUT2D eigenvalue weighted by atomic mass is 10.3. The fourth-order valence-electron chi connectivity index (χ4n) is 1.09. The van der Waals surface area contributed by atoms with E-state index in [0.717, 1.165) is 5.69 Å². The minimum absolute atomic E-state index is 0.164. The Morgan fingerprint density at radius 3 is 2.33 bits per heavy atom. The van der Waals surface area contributed by atoms with Crippen LogP contribution in [0.1, 0.15) is 0 Å². The van der Waals surface area contributed by atoms with Gasteiger partial charge in [0.25, 0.3) is 0 Å². The van der Waals surface area contributed by atoms with Crippen LogP contribution in [0.25, 0.3) is 0 Å². The summed E-state index contributed by atoms with van der Waals surface area (Å²) in [7, 11) is -2.87. The van der Waals surface area contributed by atoms with E-state index >= 15 is 0 Å². The second kappa shape index (κ2) is 5.42. The molecule has 0 radical (unpaired) electrons. The third kappa shape index (κ3) is 5.09. The molecule has 0 spiro atoms. The first kappa shape index (κ1) is 12.4. The Morgan fingerprint density at radius 1 is 1.27 bits per heavy atom. The Hall–Kier alpha value is -0.680. The Kier molecular flexibility index (Phi) is 4.47. The SMILES string of the molecule is CSc1ccc(NCCS(C)(=O)=O)cc1. The maximum Gasteiger partial charge on any atom is 0.149 e. The molecule has 1 N–H and O–H groups in total. The molecular weight excluding hydrogens is 230 g/mol. The van der Waals surface area contributed by atoms with Crippen LogP contribution in [0, 0.1) is 0 Å². The molecule has 15 heavy (non-hydrogen) atoms. The Bertz CT molecular complexity index is 398. The molecule has 0 aliphatic carbocycles. The first-order chi connectivity index (χ1) is 7.01. The molecule has 0 fully saturated rings. The first-order valence-electron chi connectivity index (χ1n) is 4.57. The van der Waals surface area contributed by atoms with Crippen molar-refractivity contribution in [1.29, 1.82) is 0 Å². The van der Waals surface area contributed by atoms with Crippen molar-refractivity contribution >= 4 is 27.3 Å². The van der Waals surface area contributed by atoms with E-state index in [-0.39, 0.29) is 5.75 Å². The second-order valence-corrected chi connectivity index (χ2v) is 6.42. The van der Waals surface area contributed by atoms with E-state index in [4.69, 9.17) is 0 Å². The monoisotopic (exact) mass is 245 g/mol. The molecule has 0 bridgehead atoms. The fraction of sp³-hybridized carbons (Fsp3) is 0.400. The molecule has 0 aliphatic heterocycles. The van der Waals surface area contributed by atoms with Crippen LogP contribution in [0.2, 0.25) is 0 Å². The Balaban J connectivity index is 2.45. The Morgan fingerprint density at radius 2 is 1.87 bits per heavy atom. The highest BCUT2D eigenvalue weighted by molar-refractivity contribution is 7.98. The maximum absolute atomic E-state index is 10.9. The van der Waals surface area contributed by atoms with Crippen molar-refractivity contribution < 1.29 is 8.42 Å². The zero-order valence-electron chi connectivity index (χ0n) is 8.86. The van der Waals surface area contributed by atoms with E-state index in [1.807, 2.05) is 30.5 Å². The second-order valence-electron chi connectivity index (χ2n) is 3.29. The third-order valence-electron chi connectivity index (χ3n) is 1.89. The molecule has 3 nitrogen and oxygen atoms in total. The Labute approximate surface area is 95.2 Å². The predicted octanol–water partition coefficient (Wildman–Crippen LogP) is 1.86. The van der Waals surface area contributed by atoms with Gasteiger partial charge in [0.15, 0.2) is 0 Å². The lowest BCUT2D eigenvalue weighted by molar-refractivity contribution is 0.602. The lowest BCUT2D eigenvalue weighted by Crippen LogP contribution is -2.13. The van der Waals surface area contributed by atoms with Crippen LogP contribution in [0.5, 0.6) is 0 Å². The van der Waals surface area contributed by atoms with Crippen molar-refractivity contribution in [1.82, 2.24) is 0 Å². The van der Waals surface area contributed by atoms with E-state index in [2.05, 4.69) is 5.32 Å². The van der Waals surface area contributed by atoms with Crippen molar-refractivity contribution in [3.63, 3.8) is 0 Å². The van der Waals surface area contributed by atoms with Crippen molar-refractivity contribution in [3.05, 3.63) is 24.3 Å². The standard InChI is InChI=1S/C10H15NO2S2/c1-14-10-5-3-9(4-6-10)11-7-8-15(2,12)13/h3-6,11H,7-8H2,1-2H3. The van der Waals surface area contributed by atoms with Gasteiger partial charge >= 0.3 is 0 Å². The van der Waals surface area contributed by atoms with Crippen LogP contribution < -0.4 is 5.32 Å². The molecule has 1 aromatic rings. The summed E-state index contributed by atoms with van der Waals surface area (Å²) in [5, 5.41) is 3.06. The van der Waals surface area contributed by atoms with Gasteiger partial charge in [-0.15, -0.1) is 11.8 Å². The molecule has 0 heterocycles. The van der Waals surface area contributed by atoms with Gasteiger partial charge in [-0.3, -0.25) is 0 Å². The van der Waals surface area contributed by atoms with E-state index in [1.54, 1.807) is 11.8 Å². The van der Waals surface area contributed by atoms with E-state index < -0.39 is 9.84 Å². The molecule has 0 aromatic heterocycles. The summed E-state index contributed by atoms with van der Waals surface area (Å²) in [5.74, 6) is 0.164. The van der Waals surface area contributed by atoms with E-state index in [0.29, 0.717) is 6.54 Å².